The summed E-state index contributed by atoms with van der Waals surface area (Å²) in [6.07, 6.45) is 9.06. The van der Waals surface area contributed by atoms with Crippen LogP contribution in [-0.4, -0.2) is 24.7 Å². The molecule has 0 atom stereocenters. The van der Waals surface area contributed by atoms with Crippen LogP contribution in [0.4, 0.5) is 0 Å². The van der Waals surface area contributed by atoms with Gasteiger partial charge in [0, 0.05) is 0 Å². The fourth-order valence-corrected chi connectivity index (χ4v) is 3.88. The van der Waals surface area contributed by atoms with Crippen LogP contribution in [0.2, 0.25) is 11.6 Å². The van der Waals surface area contributed by atoms with Crippen LogP contribution in [0.3, 0.4) is 0 Å². The zero-order valence-corrected chi connectivity index (χ0v) is 9.84. The highest BCUT2D eigenvalue weighted by atomic mass is 15.0. The van der Waals surface area contributed by atoms with Gasteiger partial charge in [0.05, 0.1) is 0 Å². The van der Waals surface area contributed by atoms with E-state index < -0.39 is 0 Å². The Morgan fingerprint density at radius 2 is 1.36 bits per heavy atom. The summed E-state index contributed by atoms with van der Waals surface area (Å²) in [5.74, 6) is 2.09. The van der Waals surface area contributed by atoms with Crippen LogP contribution in [0.1, 0.15) is 52.4 Å². The number of rotatable bonds is 3. The summed E-state index contributed by atoms with van der Waals surface area (Å²) < 4.78 is 0. The lowest BCUT2D eigenvalue weighted by Crippen LogP contribution is -2.49. The van der Waals surface area contributed by atoms with Crippen LogP contribution < -0.4 is 0 Å². The van der Waals surface area contributed by atoms with Gasteiger partial charge in [-0.3, -0.25) is 0 Å². The molecule has 2 saturated heterocycles. The minimum absolute atomic E-state index is 0.951. The van der Waals surface area contributed by atoms with Crippen LogP contribution in [0.5, 0.6) is 0 Å². The number of nitrogens with zero attached hydrogens (tertiary/aromatic N) is 1. The Morgan fingerprint density at radius 1 is 0.929 bits per heavy atom. The van der Waals surface area contributed by atoms with E-state index in [-0.39, 0.29) is 0 Å². The van der Waals surface area contributed by atoms with Crippen molar-refractivity contribution in [2.75, 3.05) is 13.1 Å². The zero-order chi connectivity index (χ0) is 9.97. The van der Waals surface area contributed by atoms with Crippen LogP contribution in [-0.2, 0) is 0 Å². The Labute approximate surface area is 89.3 Å². The minimum Gasteiger partial charge on any atom is -0.342 e. The molecule has 0 aromatic carbocycles. The van der Waals surface area contributed by atoms with Gasteiger partial charge in [-0.1, -0.05) is 52.4 Å². The van der Waals surface area contributed by atoms with Crippen molar-refractivity contribution in [3.05, 3.63) is 0 Å². The largest absolute Gasteiger partial charge is 0.342 e. The predicted octanol–water partition coefficient (Wildman–Crippen LogP) is 3.43. The first kappa shape index (κ1) is 10.5. The van der Waals surface area contributed by atoms with Crippen molar-refractivity contribution in [2.24, 2.45) is 0 Å². The average molecular weight is 193 g/mol. The lowest BCUT2D eigenvalue weighted by atomic mass is 9.33. The number of hydrogen-bond acceptors (Lipinski definition) is 1. The fourth-order valence-electron chi connectivity index (χ4n) is 3.88. The Hall–Kier alpha value is 0.0249. The van der Waals surface area contributed by atoms with Gasteiger partial charge in [-0.25, -0.2) is 0 Å². The van der Waals surface area contributed by atoms with Gasteiger partial charge >= 0.3 is 0 Å². The molecule has 2 aliphatic heterocycles. The summed E-state index contributed by atoms with van der Waals surface area (Å²) in [5, 5.41) is 0. The molecule has 0 spiro atoms. The maximum atomic E-state index is 2.73. The Kier molecular flexibility index (Phi) is 3.54. The van der Waals surface area contributed by atoms with E-state index in [9.17, 15) is 0 Å². The van der Waals surface area contributed by atoms with Gasteiger partial charge < -0.3 is 4.81 Å². The van der Waals surface area contributed by atoms with Crippen molar-refractivity contribution >= 4 is 6.85 Å². The van der Waals surface area contributed by atoms with Gasteiger partial charge in [0.15, 0.2) is 0 Å². The molecule has 0 unspecified atom stereocenters. The van der Waals surface area contributed by atoms with Crippen LogP contribution >= 0.6 is 0 Å². The van der Waals surface area contributed by atoms with Crippen molar-refractivity contribution in [1.82, 2.24) is 4.81 Å². The maximum absolute atomic E-state index is 2.73. The van der Waals surface area contributed by atoms with Gasteiger partial charge in [-0.15, -0.1) is 0 Å². The van der Waals surface area contributed by atoms with Crippen LogP contribution in [0, 0.1) is 0 Å². The normalized spacial score (nSPS) is 32.4. The molecule has 2 bridgehead atoms. The molecule has 0 amide bonds. The molecular formula is C12H24BN. The molecule has 1 nitrogen and oxygen atoms in total. The van der Waals surface area contributed by atoms with E-state index in [1.807, 2.05) is 0 Å². The molecule has 2 rings (SSSR count). The summed E-state index contributed by atoms with van der Waals surface area (Å²) in [6.45, 7) is 8.12. The third-order valence-corrected chi connectivity index (χ3v) is 4.50. The van der Waals surface area contributed by atoms with E-state index in [0.29, 0.717) is 0 Å². The minimum atomic E-state index is 0.951. The second-order valence-corrected chi connectivity index (χ2v) is 5.09. The molecule has 2 heteroatoms. The summed E-state index contributed by atoms with van der Waals surface area (Å²) in [5.41, 5.74) is 0. The van der Waals surface area contributed by atoms with Gasteiger partial charge in [0.2, 0.25) is 6.85 Å². The second kappa shape index (κ2) is 4.70. The van der Waals surface area contributed by atoms with Gasteiger partial charge in [0.1, 0.15) is 0 Å². The third-order valence-electron chi connectivity index (χ3n) is 4.50. The number of hydrogen-bond donors (Lipinski definition) is 0. The molecule has 2 heterocycles. The molecule has 2 aliphatic rings. The lowest BCUT2D eigenvalue weighted by molar-refractivity contribution is 0.369. The Morgan fingerprint density at radius 3 is 1.71 bits per heavy atom. The summed E-state index contributed by atoms with van der Waals surface area (Å²) in [7, 11) is 0. The van der Waals surface area contributed by atoms with Crippen molar-refractivity contribution in [1.29, 1.82) is 0 Å². The predicted molar refractivity (Wildman–Crippen MR) is 63.9 cm³/mol. The average Bonchev–Trinajstić information content (AvgIpc) is 2.19. The van der Waals surface area contributed by atoms with E-state index in [0.717, 1.165) is 18.5 Å². The first-order valence-corrected chi connectivity index (χ1v) is 6.60. The van der Waals surface area contributed by atoms with E-state index in [2.05, 4.69) is 18.7 Å². The van der Waals surface area contributed by atoms with Crippen molar-refractivity contribution in [3.8, 4) is 0 Å². The van der Waals surface area contributed by atoms with Crippen LogP contribution in [0.15, 0.2) is 0 Å². The number of fused-ring (bicyclic) bond motifs is 2. The third kappa shape index (κ3) is 1.86. The summed E-state index contributed by atoms with van der Waals surface area (Å²) >= 11 is 0. The highest BCUT2D eigenvalue weighted by molar-refractivity contribution is 6.59. The van der Waals surface area contributed by atoms with Crippen molar-refractivity contribution in [3.63, 3.8) is 0 Å². The smallest absolute Gasteiger partial charge is 0.229 e. The monoisotopic (exact) mass is 193 g/mol. The highest BCUT2D eigenvalue weighted by Crippen LogP contribution is 2.47. The highest BCUT2D eigenvalue weighted by Gasteiger charge is 2.42. The van der Waals surface area contributed by atoms with Gasteiger partial charge in [-0.2, -0.15) is 0 Å². The molecule has 14 heavy (non-hydrogen) atoms. The lowest BCUT2D eigenvalue weighted by Gasteiger charge is -2.45. The molecular weight excluding hydrogens is 169 g/mol. The van der Waals surface area contributed by atoms with Gasteiger partial charge in [0.25, 0.3) is 0 Å². The van der Waals surface area contributed by atoms with E-state index >= 15 is 0 Å². The molecule has 0 radical (unpaired) electrons. The topological polar surface area (TPSA) is 3.24 Å². The first-order valence-electron chi connectivity index (χ1n) is 6.60. The molecule has 0 saturated carbocycles. The van der Waals surface area contributed by atoms with Crippen molar-refractivity contribution < 1.29 is 0 Å². The molecule has 0 N–H and O–H groups in total. The molecule has 80 valence electrons. The Balaban J connectivity index is 2.07. The molecule has 0 aromatic rings. The second-order valence-electron chi connectivity index (χ2n) is 5.09. The maximum Gasteiger partial charge on any atom is 0.229 e. The molecule has 0 aliphatic carbocycles. The summed E-state index contributed by atoms with van der Waals surface area (Å²) in [4.78, 5) is 2.73. The Bertz CT molecular complexity index is 154. The van der Waals surface area contributed by atoms with Crippen LogP contribution in [0.25, 0.3) is 0 Å². The standard InChI is InChI=1S/C12H24BN/c1-3-14(4-2)13-11-7-5-8-12(13)10-6-9-11/h11-12H,3-10H2,1-2H3. The zero-order valence-electron chi connectivity index (χ0n) is 9.84. The first-order chi connectivity index (χ1) is 6.86. The fraction of sp³-hybridized carbons (Fsp3) is 1.00. The summed E-state index contributed by atoms with van der Waals surface area (Å²) in [6, 6.07) is 0. The van der Waals surface area contributed by atoms with E-state index in [4.69, 9.17) is 0 Å². The van der Waals surface area contributed by atoms with Gasteiger partial charge in [-0.05, 0) is 24.7 Å². The SMILES string of the molecule is CCN(CC)B1C2CCCC1CCC2. The van der Waals surface area contributed by atoms with E-state index in [1.54, 1.807) is 0 Å². The quantitative estimate of drug-likeness (QED) is 0.620. The van der Waals surface area contributed by atoms with Crippen molar-refractivity contribution in [2.45, 2.75) is 64.0 Å². The van der Waals surface area contributed by atoms with E-state index in [1.165, 1.54) is 51.6 Å². The molecule has 0 aromatic heterocycles. The molecule has 2 fully saturated rings.